The molecule has 1 aromatic heterocycles. The Morgan fingerprint density at radius 1 is 1.28 bits per heavy atom. The van der Waals surface area contributed by atoms with Crippen molar-refractivity contribution < 1.29 is 9.53 Å². The second-order valence-electron chi connectivity index (χ2n) is 6.11. The van der Waals surface area contributed by atoms with E-state index in [0.717, 1.165) is 13.1 Å². The number of benzene rings is 1. The van der Waals surface area contributed by atoms with Gasteiger partial charge in [-0.1, -0.05) is 0 Å². The second kappa shape index (κ2) is 7.97. The van der Waals surface area contributed by atoms with Crippen LogP contribution in [0.15, 0.2) is 42.6 Å². The predicted octanol–water partition coefficient (Wildman–Crippen LogP) is 1.70. The number of morpholine rings is 1. The van der Waals surface area contributed by atoms with Gasteiger partial charge in [-0.25, -0.2) is 0 Å². The molecule has 1 unspecified atom stereocenters. The zero-order valence-corrected chi connectivity index (χ0v) is 14.3. The van der Waals surface area contributed by atoms with Gasteiger partial charge in [-0.3, -0.25) is 9.69 Å². The van der Waals surface area contributed by atoms with E-state index in [2.05, 4.69) is 26.9 Å². The molecule has 1 N–H and O–H groups in total. The third-order valence-corrected chi connectivity index (χ3v) is 4.54. The molecule has 6 nitrogen and oxygen atoms in total. The maximum Gasteiger partial charge on any atom is 0.251 e. The van der Waals surface area contributed by atoms with Gasteiger partial charge in [-0.15, -0.1) is 0 Å². The normalized spacial score (nSPS) is 16.2. The van der Waals surface area contributed by atoms with Crippen molar-refractivity contribution in [1.29, 1.82) is 5.26 Å². The van der Waals surface area contributed by atoms with Crippen molar-refractivity contribution in [3.63, 3.8) is 0 Å². The number of rotatable bonds is 5. The summed E-state index contributed by atoms with van der Waals surface area (Å²) in [6.07, 6.45) is 2.02. The van der Waals surface area contributed by atoms with Crippen LogP contribution in [-0.2, 0) is 11.8 Å². The molecule has 1 atom stereocenters. The zero-order chi connectivity index (χ0) is 17.6. The van der Waals surface area contributed by atoms with E-state index in [1.807, 2.05) is 19.3 Å². The molecule has 25 heavy (non-hydrogen) atoms. The van der Waals surface area contributed by atoms with Crippen LogP contribution in [0.2, 0.25) is 0 Å². The van der Waals surface area contributed by atoms with Crippen LogP contribution in [0, 0.1) is 11.3 Å². The fraction of sp³-hybridized carbons (Fsp3) is 0.368. The Bertz CT molecular complexity index is 754. The Kier molecular flexibility index (Phi) is 5.49. The third-order valence-electron chi connectivity index (χ3n) is 4.54. The summed E-state index contributed by atoms with van der Waals surface area (Å²) < 4.78 is 7.54. The Hall–Kier alpha value is -2.62. The summed E-state index contributed by atoms with van der Waals surface area (Å²) in [5, 5.41) is 11.9. The summed E-state index contributed by atoms with van der Waals surface area (Å²) in [7, 11) is 2.02. The fourth-order valence-electron chi connectivity index (χ4n) is 3.12. The number of carbonyl (C=O) groups excluding carboxylic acids is 1. The average Bonchev–Trinajstić information content (AvgIpc) is 3.08. The topological polar surface area (TPSA) is 70.3 Å². The van der Waals surface area contributed by atoms with Gasteiger partial charge in [0, 0.05) is 44.1 Å². The van der Waals surface area contributed by atoms with Crippen molar-refractivity contribution >= 4 is 5.91 Å². The molecular formula is C19H22N4O2. The quantitative estimate of drug-likeness (QED) is 0.901. The molecule has 1 amide bonds. The highest BCUT2D eigenvalue weighted by atomic mass is 16.5. The molecule has 1 aliphatic rings. The van der Waals surface area contributed by atoms with Crippen LogP contribution in [-0.4, -0.2) is 48.2 Å². The van der Waals surface area contributed by atoms with Crippen LogP contribution in [0.25, 0.3) is 0 Å². The average molecular weight is 338 g/mol. The fourth-order valence-corrected chi connectivity index (χ4v) is 3.12. The number of hydrogen-bond donors (Lipinski definition) is 1. The van der Waals surface area contributed by atoms with Crippen molar-refractivity contribution in [3.05, 3.63) is 59.4 Å². The van der Waals surface area contributed by atoms with E-state index >= 15 is 0 Å². The number of hydrogen-bond acceptors (Lipinski definition) is 4. The lowest BCUT2D eigenvalue weighted by molar-refractivity contribution is 0.0148. The minimum Gasteiger partial charge on any atom is -0.379 e. The first-order chi connectivity index (χ1) is 12.2. The Balaban J connectivity index is 1.70. The molecule has 0 saturated carbocycles. The lowest BCUT2D eigenvalue weighted by atomic mass is 10.1. The maximum absolute atomic E-state index is 12.4. The summed E-state index contributed by atoms with van der Waals surface area (Å²) >= 11 is 0. The minimum absolute atomic E-state index is 0.103. The molecule has 1 aromatic carbocycles. The van der Waals surface area contributed by atoms with E-state index in [4.69, 9.17) is 10.00 Å². The van der Waals surface area contributed by atoms with Gasteiger partial charge in [-0.2, -0.15) is 5.26 Å². The first-order valence-electron chi connectivity index (χ1n) is 8.40. The van der Waals surface area contributed by atoms with E-state index < -0.39 is 0 Å². The Morgan fingerprint density at radius 3 is 2.60 bits per heavy atom. The molecule has 2 aromatic rings. The summed E-state index contributed by atoms with van der Waals surface area (Å²) in [6, 6.07) is 12.9. The smallest absolute Gasteiger partial charge is 0.251 e. The minimum atomic E-state index is -0.128. The third kappa shape index (κ3) is 4.08. The number of nitrogens with one attached hydrogen (secondary N) is 1. The van der Waals surface area contributed by atoms with Crippen molar-refractivity contribution in [2.75, 3.05) is 32.8 Å². The van der Waals surface area contributed by atoms with Gasteiger partial charge >= 0.3 is 0 Å². The number of nitriles is 1. The van der Waals surface area contributed by atoms with Gasteiger partial charge in [0.25, 0.3) is 5.91 Å². The first kappa shape index (κ1) is 17.2. The molecule has 3 rings (SSSR count). The van der Waals surface area contributed by atoms with E-state index in [-0.39, 0.29) is 11.9 Å². The molecule has 0 aliphatic carbocycles. The van der Waals surface area contributed by atoms with E-state index in [0.29, 0.717) is 30.9 Å². The summed E-state index contributed by atoms with van der Waals surface area (Å²) in [4.78, 5) is 14.8. The van der Waals surface area contributed by atoms with E-state index in [1.54, 1.807) is 24.3 Å². The standard InChI is InChI=1S/C19H22N4O2/c1-22-8-2-3-17(22)18(23-9-11-25-12-10-23)14-21-19(24)16-6-4-15(13-20)5-7-16/h2-8,18H,9-12,14H2,1H3,(H,21,24). The van der Waals surface area contributed by atoms with E-state index in [1.165, 1.54) is 5.69 Å². The van der Waals surface area contributed by atoms with Gasteiger partial charge in [0.15, 0.2) is 0 Å². The lowest BCUT2D eigenvalue weighted by Crippen LogP contribution is -2.44. The first-order valence-corrected chi connectivity index (χ1v) is 8.40. The highest BCUT2D eigenvalue weighted by Crippen LogP contribution is 2.21. The van der Waals surface area contributed by atoms with Crippen molar-refractivity contribution in [2.24, 2.45) is 7.05 Å². The van der Waals surface area contributed by atoms with Crippen LogP contribution in [0.1, 0.15) is 27.7 Å². The summed E-state index contributed by atoms with van der Waals surface area (Å²) in [6.45, 7) is 3.65. The van der Waals surface area contributed by atoms with Gasteiger partial charge in [0.2, 0.25) is 0 Å². The molecule has 6 heteroatoms. The summed E-state index contributed by atoms with van der Waals surface area (Å²) in [5.41, 5.74) is 2.28. The van der Waals surface area contributed by atoms with E-state index in [9.17, 15) is 4.79 Å². The Morgan fingerprint density at radius 2 is 2.00 bits per heavy atom. The number of aromatic nitrogens is 1. The number of carbonyl (C=O) groups is 1. The maximum atomic E-state index is 12.4. The largest absolute Gasteiger partial charge is 0.379 e. The molecule has 130 valence electrons. The molecule has 0 bridgehead atoms. The Labute approximate surface area is 147 Å². The highest BCUT2D eigenvalue weighted by Gasteiger charge is 2.25. The van der Waals surface area contributed by atoms with Gasteiger partial charge in [0.05, 0.1) is 30.9 Å². The van der Waals surface area contributed by atoms with Crippen LogP contribution < -0.4 is 5.32 Å². The SMILES string of the molecule is Cn1cccc1C(CNC(=O)c1ccc(C#N)cc1)N1CCOCC1. The van der Waals surface area contributed by atoms with Gasteiger partial charge in [-0.05, 0) is 36.4 Å². The van der Waals surface area contributed by atoms with Crippen LogP contribution >= 0.6 is 0 Å². The summed E-state index contributed by atoms with van der Waals surface area (Å²) in [5.74, 6) is -0.128. The molecule has 1 fully saturated rings. The van der Waals surface area contributed by atoms with Crippen LogP contribution in [0.3, 0.4) is 0 Å². The van der Waals surface area contributed by atoms with Crippen molar-refractivity contribution in [2.45, 2.75) is 6.04 Å². The number of aryl methyl sites for hydroxylation is 1. The van der Waals surface area contributed by atoms with Crippen molar-refractivity contribution in [3.8, 4) is 6.07 Å². The second-order valence-corrected chi connectivity index (χ2v) is 6.11. The number of ether oxygens (including phenoxy) is 1. The van der Waals surface area contributed by atoms with Gasteiger partial charge in [0.1, 0.15) is 0 Å². The monoisotopic (exact) mass is 338 g/mol. The molecule has 0 spiro atoms. The highest BCUT2D eigenvalue weighted by molar-refractivity contribution is 5.94. The lowest BCUT2D eigenvalue weighted by Gasteiger charge is -2.35. The molecular weight excluding hydrogens is 316 g/mol. The van der Waals surface area contributed by atoms with Crippen LogP contribution in [0.4, 0.5) is 0 Å². The number of amides is 1. The molecule has 2 heterocycles. The number of nitrogens with zero attached hydrogens (tertiary/aromatic N) is 3. The molecule has 1 saturated heterocycles. The van der Waals surface area contributed by atoms with Gasteiger partial charge < -0.3 is 14.6 Å². The zero-order valence-electron chi connectivity index (χ0n) is 14.3. The van der Waals surface area contributed by atoms with Crippen LogP contribution in [0.5, 0.6) is 0 Å². The predicted molar refractivity (Wildman–Crippen MR) is 94.0 cm³/mol. The molecule has 0 radical (unpaired) electrons. The molecule has 1 aliphatic heterocycles. The van der Waals surface area contributed by atoms with Crippen molar-refractivity contribution in [1.82, 2.24) is 14.8 Å².